The maximum Gasteiger partial charge on any atom is 0.407 e. The summed E-state index contributed by atoms with van der Waals surface area (Å²) >= 11 is 13.4. The number of amides is 2. The Morgan fingerprint density at radius 2 is 1.29 bits per heavy atom. The van der Waals surface area contributed by atoms with Crippen molar-refractivity contribution in [2.45, 2.75) is 24.8 Å². The summed E-state index contributed by atoms with van der Waals surface area (Å²) < 4.78 is 2.02. The summed E-state index contributed by atoms with van der Waals surface area (Å²) in [5, 5.41) is 19.6. The van der Waals surface area contributed by atoms with Crippen molar-refractivity contribution in [1.29, 1.82) is 0 Å². The van der Waals surface area contributed by atoms with Crippen LogP contribution in [-0.2, 0) is 10.3 Å². The van der Waals surface area contributed by atoms with E-state index in [1.165, 1.54) is 4.90 Å². The molecule has 0 aliphatic carbocycles. The Morgan fingerprint density at radius 1 is 0.755 bits per heavy atom. The molecule has 246 valence electrons. The van der Waals surface area contributed by atoms with E-state index < -0.39 is 11.6 Å². The molecule has 1 saturated heterocycles. The number of anilines is 1. The average molecular weight is 690 g/mol. The zero-order chi connectivity index (χ0) is 34.0. The molecule has 1 aliphatic heterocycles. The number of halogens is 2. The fourth-order valence-corrected chi connectivity index (χ4v) is 7.69. The van der Waals surface area contributed by atoms with Gasteiger partial charge < -0.3 is 15.3 Å². The van der Waals surface area contributed by atoms with E-state index in [1.807, 2.05) is 83.5 Å². The van der Waals surface area contributed by atoms with Gasteiger partial charge in [0.05, 0.1) is 5.52 Å². The normalized spacial score (nSPS) is 13.8. The van der Waals surface area contributed by atoms with Crippen molar-refractivity contribution in [3.63, 3.8) is 0 Å². The number of nitrogens with one attached hydrogen (secondary N) is 1. The number of hydrogen-bond donors (Lipinski definition) is 2. The SMILES string of the molecule is O=C(CC1CCN(C(=O)O)CC1)Nc1nn(C(c2ccccc2)(c2ccccc2)c2ccccc2)c2ccc(-c3c(Cl)cccc3Cl)cc12. The van der Waals surface area contributed by atoms with Crippen LogP contribution in [0, 0.1) is 5.92 Å². The van der Waals surface area contributed by atoms with E-state index in [2.05, 4.69) is 41.7 Å². The number of fused-ring (bicyclic) bond motifs is 1. The minimum atomic E-state index is -0.923. The Labute approximate surface area is 294 Å². The molecule has 6 aromatic rings. The molecule has 0 spiro atoms. The molecule has 2 heterocycles. The minimum Gasteiger partial charge on any atom is -0.465 e. The third-order valence-corrected chi connectivity index (χ3v) is 10.1. The number of carboxylic acid groups (broad SMARTS) is 1. The molecule has 2 amide bonds. The second-order valence-corrected chi connectivity index (χ2v) is 13.2. The van der Waals surface area contributed by atoms with Gasteiger partial charge in [-0.3, -0.25) is 4.79 Å². The van der Waals surface area contributed by atoms with Gasteiger partial charge in [-0.15, -0.1) is 0 Å². The van der Waals surface area contributed by atoms with Crippen LogP contribution in [0.3, 0.4) is 0 Å². The van der Waals surface area contributed by atoms with E-state index in [0.29, 0.717) is 47.4 Å². The van der Waals surface area contributed by atoms with E-state index in [1.54, 1.807) is 12.1 Å². The smallest absolute Gasteiger partial charge is 0.407 e. The molecule has 7 nitrogen and oxygen atoms in total. The van der Waals surface area contributed by atoms with Crippen LogP contribution in [0.4, 0.5) is 10.6 Å². The molecule has 5 aromatic carbocycles. The van der Waals surface area contributed by atoms with Gasteiger partial charge in [0.15, 0.2) is 5.82 Å². The molecule has 0 saturated carbocycles. The number of hydrogen-bond acceptors (Lipinski definition) is 3. The van der Waals surface area contributed by atoms with E-state index in [9.17, 15) is 14.7 Å². The molecule has 1 aliphatic rings. The van der Waals surface area contributed by atoms with Crippen molar-refractivity contribution in [2.24, 2.45) is 5.92 Å². The van der Waals surface area contributed by atoms with E-state index in [4.69, 9.17) is 28.3 Å². The fraction of sp³-hybridized carbons (Fsp3) is 0.175. The molecule has 0 radical (unpaired) electrons. The number of carbonyl (C=O) groups is 2. The molecule has 9 heteroatoms. The summed E-state index contributed by atoms with van der Waals surface area (Å²) in [4.78, 5) is 26.6. The highest BCUT2D eigenvalue weighted by molar-refractivity contribution is 6.39. The lowest BCUT2D eigenvalue weighted by molar-refractivity contribution is -0.117. The molecule has 2 N–H and O–H groups in total. The van der Waals surface area contributed by atoms with Crippen LogP contribution in [0.2, 0.25) is 10.0 Å². The van der Waals surface area contributed by atoms with Gasteiger partial charge in [-0.2, -0.15) is 5.10 Å². The Morgan fingerprint density at radius 3 is 1.80 bits per heavy atom. The third-order valence-electron chi connectivity index (χ3n) is 9.44. The number of rotatable bonds is 8. The number of carbonyl (C=O) groups excluding carboxylic acids is 1. The van der Waals surface area contributed by atoms with Crippen LogP contribution in [0.25, 0.3) is 22.0 Å². The highest BCUT2D eigenvalue weighted by atomic mass is 35.5. The Bertz CT molecular complexity index is 2000. The standard InChI is InChI=1S/C40H34Cl2N4O3/c41-33-17-10-18-34(42)37(33)28-19-20-35-32(26-28)38(43-36(47)25-27-21-23-45(24-22-27)39(48)49)44-46(35)40(29-11-4-1-5-12-29,30-13-6-2-7-14-30)31-15-8-3-9-16-31/h1-20,26-27H,21-25H2,(H,48,49)(H,43,44,47). The summed E-state index contributed by atoms with van der Waals surface area (Å²) in [6.07, 6.45) is 0.596. The third kappa shape index (κ3) is 6.16. The Balaban J connectivity index is 1.42. The molecular weight excluding hydrogens is 655 g/mol. The number of nitrogens with zero attached hydrogens (tertiary/aromatic N) is 3. The van der Waals surface area contributed by atoms with Crippen LogP contribution in [0.1, 0.15) is 36.0 Å². The van der Waals surface area contributed by atoms with Crippen LogP contribution in [0.5, 0.6) is 0 Å². The van der Waals surface area contributed by atoms with Gasteiger partial charge in [-0.1, -0.05) is 126 Å². The van der Waals surface area contributed by atoms with Crippen molar-refractivity contribution < 1.29 is 14.7 Å². The van der Waals surface area contributed by atoms with E-state index in [-0.39, 0.29) is 18.2 Å². The van der Waals surface area contributed by atoms with Gasteiger partial charge in [0, 0.05) is 40.5 Å². The second kappa shape index (κ2) is 13.8. The quantitative estimate of drug-likeness (QED) is 0.156. The topological polar surface area (TPSA) is 87.5 Å². The first kappa shape index (κ1) is 32.4. The molecule has 49 heavy (non-hydrogen) atoms. The molecule has 1 fully saturated rings. The Kier molecular flexibility index (Phi) is 9.13. The fourth-order valence-electron chi connectivity index (χ4n) is 7.07. The maximum atomic E-state index is 13.7. The molecule has 0 atom stereocenters. The summed E-state index contributed by atoms with van der Waals surface area (Å²) in [5.74, 6) is 0.310. The van der Waals surface area contributed by atoms with Gasteiger partial charge in [-0.05, 0) is 65.3 Å². The zero-order valence-corrected chi connectivity index (χ0v) is 28.1. The monoisotopic (exact) mass is 688 g/mol. The van der Waals surface area contributed by atoms with Crippen LogP contribution in [0.15, 0.2) is 127 Å². The van der Waals surface area contributed by atoms with Crippen LogP contribution < -0.4 is 5.32 Å². The Hall–Kier alpha value is -5.11. The average Bonchev–Trinajstić information content (AvgIpc) is 3.47. The number of piperidine rings is 1. The molecule has 0 bridgehead atoms. The summed E-state index contributed by atoms with van der Waals surface area (Å²) in [5.41, 5.74) is 4.37. The highest BCUT2D eigenvalue weighted by Gasteiger charge is 2.41. The zero-order valence-electron chi connectivity index (χ0n) is 26.6. The van der Waals surface area contributed by atoms with Crippen molar-refractivity contribution in [3.05, 3.63) is 154 Å². The number of likely N-dealkylation sites (tertiary alicyclic amines) is 1. The second-order valence-electron chi connectivity index (χ2n) is 12.4. The first-order chi connectivity index (χ1) is 23.9. The molecule has 0 unspecified atom stereocenters. The van der Waals surface area contributed by atoms with Gasteiger partial charge in [0.1, 0.15) is 5.54 Å². The summed E-state index contributed by atoms with van der Waals surface area (Å²) in [7, 11) is 0. The largest absolute Gasteiger partial charge is 0.465 e. The predicted molar refractivity (Wildman–Crippen MR) is 195 cm³/mol. The maximum absolute atomic E-state index is 13.7. The van der Waals surface area contributed by atoms with Gasteiger partial charge >= 0.3 is 6.09 Å². The van der Waals surface area contributed by atoms with Crippen molar-refractivity contribution in [3.8, 4) is 11.1 Å². The lowest BCUT2D eigenvalue weighted by Gasteiger charge is -2.37. The predicted octanol–water partition coefficient (Wildman–Crippen LogP) is 9.57. The lowest BCUT2D eigenvalue weighted by Crippen LogP contribution is -2.39. The van der Waals surface area contributed by atoms with Crippen molar-refractivity contribution in [1.82, 2.24) is 14.7 Å². The van der Waals surface area contributed by atoms with Crippen LogP contribution >= 0.6 is 23.2 Å². The number of aromatic nitrogens is 2. The highest BCUT2D eigenvalue weighted by Crippen LogP contribution is 2.45. The number of benzene rings is 5. The molecule has 1 aromatic heterocycles. The van der Waals surface area contributed by atoms with E-state index in [0.717, 1.165) is 33.2 Å². The van der Waals surface area contributed by atoms with Crippen LogP contribution in [-0.4, -0.2) is 44.9 Å². The van der Waals surface area contributed by atoms with E-state index >= 15 is 0 Å². The first-order valence-electron chi connectivity index (χ1n) is 16.3. The lowest BCUT2D eigenvalue weighted by atomic mass is 9.77. The van der Waals surface area contributed by atoms with Crippen molar-refractivity contribution >= 4 is 51.9 Å². The minimum absolute atomic E-state index is 0.0680. The van der Waals surface area contributed by atoms with Gasteiger partial charge in [0.2, 0.25) is 5.91 Å². The van der Waals surface area contributed by atoms with Crippen molar-refractivity contribution in [2.75, 3.05) is 18.4 Å². The molecule has 7 rings (SSSR count). The molecular formula is C40H34Cl2N4O3. The van der Waals surface area contributed by atoms with Gasteiger partial charge in [-0.25, -0.2) is 9.48 Å². The summed E-state index contributed by atoms with van der Waals surface area (Å²) in [6.45, 7) is 0.834. The first-order valence-corrected chi connectivity index (χ1v) is 17.0. The van der Waals surface area contributed by atoms with Gasteiger partial charge in [0.25, 0.3) is 0 Å². The summed E-state index contributed by atoms with van der Waals surface area (Å²) in [6, 6.07) is 42.2.